The molecule has 0 bridgehead atoms. The Morgan fingerprint density at radius 2 is 1.80 bits per heavy atom. The monoisotopic (exact) mass is 274 g/mol. The van der Waals surface area contributed by atoms with Gasteiger partial charge in [-0.1, -0.05) is 27.7 Å². The van der Waals surface area contributed by atoms with E-state index in [2.05, 4.69) is 66.4 Å². The van der Waals surface area contributed by atoms with E-state index in [0.29, 0.717) is 23.4 Å². The molecule has 1 aromatic heterocycles. The van der Waals surface area contributed by atoms with E-state index in [1.807, 2.05) is 0 Å². The van der Waals surface area contributed by atoms with Gasteiger partial charge in [0.1, 0.15) is 0 Å². The quantitative estimate of drug-likeness (QED) is 0.780. The first-order valence-corrected chi connectivity index (χ1v) is 7.95. The lowest BCUT2D eigenvalue weighted by Crippen LogP contribution is -2.39. The van der Waals surface area contributed by atoms with Gasteiger partial charge in [-0.05, 0) is 57.1 Å². The van der Waals surface area contributed by atoms with Gasteiger partial charge >= 0.3 is 0 Å². The first-order valence-electron chi connectivity index (χ1n) is 7.95. The molecular formula is C18H30N2. The summed E-state index contributed by atoms with van der Waals surface area (Å²) in [6.45, 7) is 18.4. The van der Waals surface area contributed by atoms with Crippen LogP contribution in [0.1, 0.15) is 58.0 Å². The second-order valence-electron chi connectivity index (χ2n) is 7.20. The highest BCUT2D eigenvalue weighted by molar-refractivity contribution is 5.60. The molecule has 2 unspecified atom stereocenters. The molecule has 2 rings (SSSR count). The second kappa shape index (κ2) is 5.05. The van der Waals surface area contributed by atoms with E-state index >= 15 is 0 Å². The molecule has 0 saturated carbocycles. The van der Waals surface area contributed by atoms with Crippen LogP contribution in [0.15, 0.2) is 6.07 Å². The molecule has 112 valence electrons. The maximum absolute atomic E-state index is 4.71. The molecule has 1 fully saturated rings. The van der Waals surface area contributed by atoms with Crippen LogP contribution in [0.3, 0.4) is 0 Å². The predicted octanol–water partition coefficient (Wildman–Crippen LogP) is 4.66. The minimum absolute atomic E-state index is 0.345. The highest BCUT2D eigenvalue weighted by atomic mass is 15.2. The van der Waals surface area contributed by atoms with Gasteiger partial charge in [0.05, 0.1) is 11.4 Å². The van der Waals surface area contributed by atoms with Crippen LogP contribution in [0.5, 0.6) is 0 Å². The zero-order valence-corrected chi connectivity index (χ0v) is 14.4. The summed E-state index contributed by atoms with van der Waals surface area (Å²) in [5, 5.41) is 0. The first-order chi connectivity index (χ1) is 9.21. The van der Waals surface area contributed by atoms with Crippen molar-refractivity contribution < 1.29 is 0 Å². The molecular weight excluding hydrogens is 244 g/mol. The fourth-order valence-electron chi connectivity index (χ4n) is 4.30. The van der Waals surface area contributed by atoms with Crippen molar-refractivity contribution in [2.45, 2.75) is 73.9 Å². The Bertz CT molecular complexity index is 481. The van der Waals surface area contributed by atoms with Crippen LogP contribution < -0.4 is 4.90 Å². The summed E-state index contributed by atoms with van der Waals surface area (Å²) in [4.78, 5) is 7.37. The fraction of sp³-hybridized carbons (Fsp3) is 0.722. The fourth-order valence-corrected chi connectivity index (χ4v) is 4.30. The molecule has 1 saturated heterocycles. The number of aryl methyl sites for hydroxylation is 3. The summed E-state index contributed by atoms with van der Waals surface area (Å²) in [7, 11) is 0. The van der Waals surface area contributed by atoms with E-state index in [-0.39, 0.29) is 0 Å². The highest BCUT2D eigenvalue weighted by Gasteiger charge is 2.49. The van der Waals surface area contributed by atoms with E-state index < -0.39 is 0 Å². The molecule has 0 spiro atoms. The Hall–Kier alpha value is -1.05. The van der Waals surface area contributed by atoms with Gasteiger partial charge in [-0.2, -0.15) is 0 Å². The number of rotatable bonds is 2. The molecule has 1 aromatic rings. The molecule has 2 heterocycles. The lowest BCUT2D eigenvalue weighted by molar-refractivity contribution is 0.236. The van der Waals surface area contributed by atoms with Crippen LogP contribution in [0.2, 0.25) is 0 Å². The number of pyridine rings is 1. The molecule has 0 N–H and O–H groups in total. The number of hydrogen-bond donors (Lipinski definition) is 0. The second-order valence-corrected chi connectivity index (χ2v) is 7.20. The number of anilines is 1. The summed E-state index contributed by atoms with van der Waals surface area (Å²) >= 11 is 0. The molecule has 1 aliphatic heterocycles. The molecule has 1 aliphatic rings. The van der Waals surface area contributed by atoms with Crippen molar-refractivity contribution in [3.05, 3.63) is 23.0 Å². The molecule has 20 heavy (non-hydrogen) atoms. The van der Waals surface area contributed by atoms with Crippen LogP contribution in [-0.4, -0.2) is 17.1 Å². The zero-order chi connectivity index (χ0) is 15.2. The minimum atomic E-state index is 0.345. The summed E-state index contributed by atoms with van der Waals surface area (Å²) in [5.74, 6) is 0.688. The third kappa shape index (κ3) is 2.13. The van der Waals surface area contributed by atoms with Crippen molar-refractivity contribution in [1.82, 2.24) is 4.98 Å². The summed E-state index contributed by atoms with van der Waals surface area (Å²) in [6.07, 6.45) is 1.19. The highest BCUT2D eigenvalue weighted by Crippen LogP contribution is 2.49. The lowest BCUT2D eigenvalue weighted by atomic mass is 9.75. The third-order valence-corrected chi connectivity index (χ3v) is 5.66. The summed E-state index contributed by atoms with van der Waals surface area (Å²) in [5.41, 5.74) is 5.38. The van der Waals surface area contributed by atoms with Crippen LogP contribution in [0, 0.1) is 32.1 Å². The molecule has 2 heteroatoms. The summed E-state index contributed by atoms with van der Waals surface area (Å²) < 4.78 is 0. The topological polar surface area (TPSA) is 16.1 Å². The van der Waals surface area contributed by atoms with Crippen molar-refractivity contribution in [2.24, 2.45) is 11.3 Å². The number of hydrogen-bond acceptors (Lipinski definition) is 2. The normalized spacial score (nSPS) is 29.0. The predicted molar refractivity (Wildman–Crippen MR) is 87.4 cm³/mol. The third-order valence-electron chi connectivity index (χ3n) is 5.66. The van der Waals surface area contributed by atoms with Crippen LogP contribution >= 0.6 is 0 Å². The van der Waals surface area contributed by atoms with Gasteiger partial charge in [0, 0.05) is 17.8 Å². The van der Waals surface area contributed by atoms with E-state index in [4.69, 9.17) is 4.98 Å². The molecule has 3 atom stereocenters. The lowest BCUT2D eigenvalue weighted by Gasteiger charge is -2.36. The van der Waals surface area contributed by atoms with Gasteiger partial charge in [0.25, 0.3) is 0 Å². The number of aromatic nitrogens is 1. The van der Waals surface area contributed by atoms with Gasteiger partial charge < -0.3 is 4.90 Å². The maximum atomic E-state index is 4.71. The molecule has 0 radical (unpaired) electrons. The summed E-state index contributed by atoms with van der Waals surface area (Å²) in [6, 6.07) is 3.38. The number of nitrogens with zero attached hydrogens (tertiary/aromatic N) is 2. The SMILES string of the molecule is CCC1N(c2c(C)cc(C)nc2C)[C@@H](C)C(C)C1(C)C. The Morgan fingerprint density at radius 1 is 1.20 bits per heavy atom. The van der Waals surface area contributed by atoms with E-state index in [1.165, 1.54) is 23.4 Å². The smallest absolute Gasteiger partial charge is 0.0617 e. The van der Waals surface area contributed by atoms with Crippen molar-refractivity contribution in [2.75, 3.05) is 4.90 Å². The Kier molecular flexibility index (Phi) is 3.88. The average molecular weight is 274 g/mol. The standard InChI is InChI=1S/C18H30N2/c1-9-16-18(7,8)13(4)15(6)20(16)17-11(2)10-12(3)19-14(17)5/h10,13,15-16H,9H2,1-8H3/t13?,15-,16?/m0/s1. The van der Waals surface area contributed by atoms with Crippen molar-refractivity contribution in [3.8, 4) is 0 Å². The Morgan fingerprint density at radius 3 is 2.30 bits per heavy atom. The Balaban J connectivity index is 2.57. The van der Waals surface area contributed by atoms with E-state index in [1.54, 1.807) is 0 Å². The van der Waals surface area contributed by atoms with Crippen LogP contribution in [-0.2, 0) is 0 Å². The average Bonchev–Trinajstić information content (AvgIpc) is 2.49. The molecule has 2 nitrogen and oxygen atoms in total. The molecule has 0 aromatic carbocycles. The molecule has 0 amide bonds. The van der Waals surface area contributed by atoms with Crippen molar-refractivity contribution in [3.63, 3.8) is 0 Å². The van der Waals surface area contributed by atoms with Gasteiger partial charge in [-0.15, -0.1) is 0 Å². The molecule has 0 aliphatic carbocycles. The van der Waals surface area contributed by atoms with Gasteiger partial charge in [-0.25, -0.2) is 0 Å². The van der Waals surface area contributed by atoms with Gasteiger partial charge in [0.15, 0.2) is 0 Å². The van der Waals surface area contributed by atoms with Crippen molar-refractivity contribution >= 4 is 5.69 Å². The van der Waals surface area contributed by atoms with Crippen LogP contribution in [0.25, 0.3) is 0 Å². The van der Waals surface area contributed by atoms with Gasteiger partial charge in [-0.3, -0.25) is 4.98 Å². The van der Waals surface area contributed by atoms with E-state index in [9.17, 15) is 0 Å². The van der Waals surface area contributed by atoms with Gasteiger partial charge in [0.2, 0.25) is 0 Å². The minimum Gasteiger partial charge on any atom is -0.363 e. The largest absolute Gasteiger partial charge is 0.363 e. The maximum Gasteiger partial charge on any atom is 0.0617 e. The van der Waals surface area contributed by atoms with E-state index in [0.717, 1.165) is 5.69 Å². The van der Waals surface area contributed by atoms with Crippen molar-refractivity contribution in [1.29, 1.82) is 0 Å². The first kappa shape index (κ1) is 15.3. The zero-order valence-electron chi connectivity index (χ0n) is 14.4. The Labute approximate surface area is 124 Å². The van der Waals surface area contributed by atoms with Crippen LogP contribution in [0.4, 0.5) is 5.69 Å².